The van der Waals surface area contributed by atoms with E-state index in [0.29, 0.717) is 0 Å². The molecule has 0 unspecified atom stereocenters. The van der Waals surface area contributed by atoms with Crippen molar-refractivity contribution in [3.05, 3.63) is 72.8 Å². The van der Waals surface area contributed by atoms with Crippen LogP contribution in [0.15, 0.2) is 72.8 Å². The average Bonchev–Trinajstić information content (AvgIpc) is 3.08. The van der Waals surface area contributed by atoms with Crippen LogP contribution < -0.4 is 59.1 Å². The number of hydrogen-bond donors (Lipinski definition) is 0. The fourth-order valence-electron chi connectivity index (χ4n) is 4.91. The summed E-state index contributed by atoms with van der Waals surface area (Å²) in [6, 6.07) is 24.6. The Bertz CT molecular complexity index is 1370. The standard InChI is InChI=1S/C32H36O8P4/c1-33-21-9-13-29(25(17-21)37-5)41-42(30-14-10-22(34-2)18-26(30)38-6)44(32-16-12-24(36-4)20-28(32)40-8)43(41)31-15-11-23(35-3)19-27(31)39-7/h9-20H,1-8H3. The van der Waals surface area contributed by atoms with Crippen molar-refractivity contribution in [2.45, 2.75) is 0 Å². The van der Waals surface area contributed by atoms with Crippen molar-refractivity contribution in [1.29, 1.82) is 0 Å². The lowest BCUT2D eigenvalue weighted by Crippen LogP contribution is -2.22. The minimum Gasteiger partial charge on any atom is -0.497 e. The summed E-state index contributed by atoms with van der Waals surface area (Å²) in [6.45, 7) is 0. The highest BCUT2D eigenvalue weighted by molar-refractivity contribution is 9.13. The number of hydrogen-bond acceptors (Lipinski definition) is 8. The molecule has 8 nitrogen and oxygen atoms in total. The summed E-state index contributed by atoms with van der Waals surface area (Å²) in [5, 5.41) is 4.73. The minimum absolute atomic E-state index is 0.748. The molecule has 44 heavy (non-hydrogen) atoms. The van der Waals surface area contributed by atoms with Gasteiger partial charge in [-0.3, -0.25) is 0 Å². The third-order valence-electron chi connectivity index (χ3n) is 7.13. The Morgan fingerprint density at radius 3 is 0.659 bits per heavy atom. The molecule has 0 aromatic heterocycles. The van der Waals surface area contributed by atoms with E-state index in [-0.39, 0.29) is 0 Å². The molecule has 0 bridgehead atoms. The highest BCUT2D eigenvalue weighted by Gasteiger charge is 2.56. The molecule has 12 heteroatoms. The summed E-state index contributed by atoms with van der Waals surface area (Å²) in [4.78, 5) is 0. The highest BCUT2D eigenvalue weighted by atomic mass is 33.0. The average molecular weight is 673 g/mol. The molecule has 0 aliphatic carbocycles. The van der Waals surface area contributed by atoms with Crippen LogP contribution in [-0.4, -0.2) is 56.9 Å². The van der Waals surface area contributed by atoms with Crippen LogP contribution in [0.5, 0.6) is 46.0 Å². The van der Waals surface area contributed by atoms with Gasteiger partial charge in [0.25, 0.3) is 0 Å². The van der Waals surface area contributed by atoms with E-state index in [1.807, 2.05) is 48.5 Å². The van der Waals surface area contributed by atoms with E-state index < -0.39 is 29.2 Å². The van der Waals surface area contributed by atoms with Gasteiger partial charge in [-0.1, -0.05) is 0 Å². The summed E-state index contributed by atoms with van der Waals surface area (Å²) in [5.41, 5.74) is 0. The van der Waals surface area contributed by atoms with Gasteiger partial charge < -0.3 is 37.9 Å². The van der Waals surface area contributed by atoms with E-state index in [4.69, 9.17) is 37.9 Å². The maximum Gasteiger partial charge on any atom is 0.130 e. The van der Waals surface area contributed by atoms with Crippen LogP contribution in [0.1, 0.15) is 0 Å². The predicted molar refractivity (Wildman–Crippen MR) is 184 cm³/mol. The van der Waals surface area contributed by atoms with Gasteiger partial charge in [-0.05, 0) is 77.7 Å². The van der Waals surface area contributed by atoms with Gasteiger partial charge in [-0.2, -0.15) is 0 Å². The van der Waals surface area contributed by atoms with Crippen LogP contribution in [-0.2, 0) is 0 Å². The van der Waals surface area contributed by atoms with E-state index in [1.165, 1.54) is 21.2 Å². The lowest BCUT2D eigenvalue weighted by atomic mass is 10.3. The molecule has 0 spiro atoms. The number of benzene rings is 4. The minimum atomic E-state index is -0.830. The van der Waals surface area contributed by atoms with E-state index >= 15 is 0 Å². The molecule has 0 amide bonds. The van der Waals surface area contributed by atoms with Crippen molar-refractivity contribution in [2.75, 3.05) is 56.9 Å². The predicted octanol–water partition coefficient (Wildman–Crippen LogP) is 6.96. The number of rotatable bonds is 12. The first-order chi connectivity index (χ1) is 21.5. The second kappa shape index (κ2) is 14.4. The second-order valence-corrected chi connectivity index (χ2v) is 26.9. The molecule has 4 aromatic rings. The third kappa shape index (κ3) is 5.99. The highest BCUT2D eigenvalue weighted by Crippen LogP contribution is 3.18. The molecular formula is C32H36O8P4. The fraction of sp³-hybridized carbons (Fsp3) is 0.250. The van der Waals surface area contributed by atoms with Gasteiger partial charge in [0.2, 0.25) is 0 Å². The summed E-state index contributed by atoms with van der Waals surface area (Å²) in [7, 11) is 10.2. The Morgan fingerprint density at radius 2 is 0.500 bits per heavy atom. The molecule has 1 aliphatic rings. The maximum absolute atomic E-state index is 6.04. The van der Waals surface area contributed by atoms with Crippen LogP contribution in [0.3, 0.4) is 0 Å². The van der Waals surface area contributed by atoms with Gasteiger partial charge in [0.05, 0.1) is 56.9 Å². The van der Waals surface area contributed by atoms with Gasteiger partial charge in [0.1, 0.15) is 46.0 Å². The lowest BCUT2D eigenvalue weighted by molar-refractivity contribution is 0.396. The Kier molecular flexibility index (Phi) is 10.6. The first-order valence-electron chi connectivity index (χ1n) is 13.5. The normalized spacial score (nSPS) is 18.9. The summed E-state index contributed by atoms with van der Waals surface area (Å²) < 4.78 is 46.5. The molecular weight excluding hydrogens is 636 g/mol. The molecule has 1 fully saturated rings. The Labute approximate surface area is 263 Å². The maximum atomic E-state index is 6.04. The third-order valence-corrected chi connectivity index (χ3v) is 39.2. The molecule has 5 rings (SSSR count). The van der Waals surface area contributed by atoms with E-state index in [2.05, 4.69) is 24.3 Å². The van der Waals surface area contributed by atoms with Crippen LogP contribution >= 0.6 is 29.2 Å². The van der Waals surface area contributed by atoms with Crippen LogP contribution in [0, 0.1) is 0 Å². The van der Waals surface area contributed by atoms with E-state index in [0.717, 1.165) is 46.0 Å². The van der Waals surface area contributed by atoms with Crippen molar-refractivity contribution in [1.82, 2.24) is 0 Å². The molecule has 4 aromatic carbocycles. The molecule has 232 valence electrons. The molecule has 1 aliphatic heterocycles. The van der Waals surface area contributed by atoms with Gasteiger partial charge in [-0.25, -0.2) is 0 Å². The van der Waals surface area contributed by atoms with Crippen LogP contribution in [0.4, 0.5) is 0 Å². The van der Waals surface area contributed by atoms with Crippen LogP contribution in [0.25, 0.3) is 0 Å². The second-order valence-electron chi connectivity index (χ2n) is 9.31. The topological polar surface area (TPSA) is 73.8 Å². The van der Waals surface area contributed by atoms with E-state index in [9.17, 15) is 0 Å². The molecule has 0 saturated carbocycles. The lowest BCUT2D eigenvalue weighted by Gasteiger charge is -2.54. The summed E-state index contributed by atoms with van der Waals surface area (Å²) in [5.74, 6) is 6.24. The molecule has 0 N–H and O–H groups in total. The van der Waals surface area contributed by atoms with Gasteiger partial charge in [0.15, 0.2) is 0 Å². The largest absolute Gasteiger partial charge is 0.497 e. The van der Waals surface area contributed by atoms with E-state index in [1.54, 1.807) is 56.9 Å². The SMILES string of the molecule is COc1ccc(P2P(c3ccc(OC)cc3OC)P(c3ccc(OC)cc3OC)P2c2ccc(OC)cc2OC)c(OC)c1. The Hall–Kier alpha value is -3.00. The summed E-state index contributed by atoms with van der Waals surface area (Å²) >= 11 is 0. The molecule has 1 saturated heterocycles. The first kappa shape index (κ1) is 32.4. The Balaban J connectivity index is 1.83. The first-order valence-corrected chi connectivity index (χ1v) is 21.7. The van der Waals surface area contributed by atoms with Crippen LogP contribution in [0.2, 0.25) is 0 Å². The van der Waals surface area contributed by atoms with Crippen molar-refractivity contribution in [3.8, 4) is 46.0 Å². The number of ether oxygens (including phenoxy) is 8. The van der Waals surface area contributed by atoms with Crippen molar-refractivity contribution in [3.63, 3.8) is 0 Å². The van der Waals surface area contributed by atoms with Crippen molar-refractivity contribution in [2.24, 2.45) is 0 Å². The van der Waals surface area contributed by atoms with Gasteiger partial charge >= 0.3 is 0 Å². The molecule has 0 radical (unpaired) electrons. The summed E-state index contributed by atoms with van der Waals surface area (Å²) in [6.07, 6.45) is 0. The fourth-order valence-corrected chi connectivity index (χ4v) is 42.9. The van der Waals surface area contributed by atoms with Gasteiger partial charge in [-0.15, -0.1) is 0 Å². The molecule has 0 atom stereocenters. The monoisotopic (exact) mass is 672 g/mol. The zero-order valence-corrected chi connectivity index (χ0v) is 29.6. The number of methoxy groups -OCH3 is 8. The smallest absolute Gasteiger partial charge is 0.130 e. The van der Waals surface area contributed by atoms with Crippen molar-refractivity contribution < 1.29 is 37.9 Å². The molecule has 1 heterocycles. The zero-order chi connectivity index (χ0) is 31.4. The van der Waals surface area contributed by atoms with Crippen molar-refractivity contribution >= 4 is 50.4 Å². The quantitative estimate of drug-likeness (QED) is 0.150. The van der Waals surface area contributed by atoms with Gasteiger partial charge in [0, 0.05) is 45.5 Å². The Morgan fingerprint density at radius 1 is 0.295 bits per heavy atom. The zero-order valence-electron chi connectivity index (χ0n) is 26.0.